The van der Waals surface area contributed by atoms with E-state index >= 15 is 0 Å². The number of ether oxygens (including phenoxy) is 1. The maximum atomic E-state index is 13.4. The first-order valence-electron chi connectivity index (χ1n) is 10.1. The van der Waals surface area contributed by atoms with Crippen LogP contribution in [0.15, 0.2) is 72.8 Å². The quantitative estimate of drug-likeness (QED) is 0.642. The summed E-state index contributed by atoms with van der Waals surface area (Å²) in [6.07, 6.45) is 0.145. The van der Waals surface area contributed by atoms with Crippen LogP contribution in [0.4, 0.5) is 10.1 Å². The second-order valence-corrected chi connectivity index (χ2v) is 7.57. The highest BCUT2D eigenvalue weighted by molar-refractivity contribution is 6.00. The maximum absolute atomic E-state index is 13.4. The van der Waals surface area contributed by atoms with Crippen molar-refractivity contribution in [2.24, 2.45) is 5.92 Å². The molecule has 1 atom stereocenters. The molecule has 1 aliphatic heterocycles. The SMILES string of the molecule is COc1ccc(-c2ccccc2NC(=O)C2CC(=O)N(Cc3cccc(F)c3)C2)cc1. The number of carbonyl (C=O) groups excluding carboxylic acids is 2. The van der Waals surface area contributed by atoms with Crippen molar-refractivity contribution in [2.45, 2.75) is 13.0 Å². The molecule has 3 aromatic carbocycles. The number of nitrogens with one attached hydrogen (secondary N) is 1. The number of carbonyl (C=O) groups is 2. The number of likely N-dealkylation sites (tertiary alicyclic amines) is 1. The highest BCUT2D eigenvalue weighted by atomic mass is 19.1. The average molecular weight is 418 g/mol. The van der Waals surface area contributed by atoms with Gasteiger partial charge in [-0.1, -0.05) is 42.5 Å². The molecule has 1 unspecified atom stereocenters. The summed E-state index contributed by atoms with van der Waals surface area (Å²) in [6, 6.07) is 21.3. The first kappa shape index (κ1) is 20.6. The molecule has 0 spiro atoms. The molecule has 1 N–H and O–H groups in total. The first-order valence-corrected chi connectivity index (χ1v) is 10.1. The number of para-hydroxylation sites is 1. The predicted octanol–water partition coefficient (Wildman–Crippen LogP) is 4.49. The van der Waals surface area contributed by atoms with Gasteiger partial charge in [-0.25, -0.2) is 4.39 Å². The minimum Gasteiger partial charge on any atom is -0.497 e. The van der Waals surface area contributed by atoms with Gasteiger partial charge in [0.1, 0.15) is 11.6 Å². The molecule has 0 saturated carbocycles. The van der Waals surface area contributed by atoms with Gasteiger partial charge in [0.2, 0.25) is 11.8 Å². The van der Waals surface area contributed by atoms with E-state index in [-0.39, 0.29) is 24.1 Å². The van der Waals surface area contributed by atoms with E-state index in [9.17, 15) is 14.0 Å². The summed E-state index contributed by atoms with van der Waals surface area (Å²) in [7, 11) is 1.61. The Morgan fingerprint density at radius 1 is 1.10 bits per heavy atom. The van der Waals surface area contributed by atoms with E-state index in [2.05, 4.69) is 5.32 Å². The van der Waals surface area contributed by atoms with E-state index < -0.39 is 5.92 Å². The molecule has 1 saturated heterocycles. The van der Waals surface area contributed by atoms with Crippen LogP contribution >= 0.6 is 0 Å². The number of hydrogen-bond donors (Lipinski definition) is 1. The van der Waals surface area contributed by atoms with Crippen LogP contribution in [0.2, 0.25) is 0 Å². The molecule has 6 heteroatoms. The van der Waals surface area contributed by atoms with Crippen molar-refractivity contribution in [1.82, 2.24) is 4.90 Å². The third kappa shape index (κ3) is 4.74. The molecule has 0 aromatic heterocycles. The van der Waals surface area contributed by atoms with E-state index in [0.717, 1.165) is 16.9 Å². The minimum atomic E-state index is -0.454. The number of halogens is 1. The Hall–Kier alpha value is -3.67. The van der Waals surface area contributed by atoms with Gasteiger partial charge in [0.25, 0.3) is 0 Å². The number of amides is 2. The van der Waals surface area contributed by atoms with Crippen molar-refractivity contribution >= 4 is 17.5 Å². The lowest BCUT2D eigenvalue weighted by atomic mass is 10.0. The first-order chi connectivity index (χ1) is 15.0. The minimum absolute atomic E-state index is 0.104. The van der Waals surface area contributed by atoms with Crippen molar-refractivity contribution in [3.05, 3.63) is 84.2 Å². The number of methoxy groups -OCH3 is 1. The highest BCUT2D eigenvalue weighted by Gasteiger charge is 2.34. The van der Waals surface area contributed by atoms with E-state index in [1.54, 1.807) is 24.1 Å². The van der Waals surface area contributed by atoms with E-state index in [4.69, 9.17) is 4.74 Å². The molecule has 1 aliphatic rings. The van der Waals surface area contributed by atoms with Gasteiger partial charge in [0.15, 0.2) is 0 Å². The summed E-state index contributed by atoms with van der Waals surface area (Å²) < 4.78 is 18.6. The van der Waals surface area contributed by atoms with Gasteiger partial charge in [-0.3, -0.25) is 9.59 Å². The van der Waals surface area contributed by atoms with Crippen LogP contribution in [0.3, 0.4) is 0 Å². The molecule has 4 rings (SSSR count). The second-order valence-electron chi connectivity index (χ2n) is 7.57. The van der Waals surface area contributed by atoms with Gasteiger partial charge in [-0.05, 0) is 41.5 Å². The molecule has 2 amide bonds. The Labute approximate surface area is 180 Å². The average Bonchev–Trinajstić information content (AvgIpc) is 3.14. The third-order valence-corrected chi connectivity index (χ3v) is 5.43. The van der Waals surface area contributed by atoms with Crippen LogP contribution in [-0.2, 0) is 16.1 Å². The lowest BCUT2D eigenvalue weighted by molar-refractivity contribution is -0.128. The van der Waals surface area contributed by atoms with Crippen LogP contribution in [-0.4, -0.2) is 30.4 Å². The number of benzene rings is 3. The molecule has 0 aliphatic carbocycles. The van der Waals surface area contributed by atoms with Crippen LogP contribution in [0.25, 0.3) is 11.1 Å². The fourth-order valence-corrected chi connectivity index (χ4v) is 3.81. The van der Waals surface area contributed by atoms with Crippen molar-refractivity contribution < 1.29 is 18.7 Å². The molecule has 3 aromatic rings. The zero-order chi connectivity index (χ0) is 21.8. The normalized spacial score (nSPS) is 15.7. The summed E-state index contributed by atoms with van der Waals surface area (Å²) in [6.45, 7) is 0.606. The molecular weight excluding hydrogens is 395 g/mol. The number of nitrogens with zero attached hydrogens (tertiary/aromatic N) is 1. The molecule has 158 valence electrons. The van der Waals surface area contributed by atoms with Gasteiger partial charge in [-0.2, -0.15) is 0 Å². The zero-order valence-corrected chi connectivity index (χ0v) is 17.2. The smallest absolute Gasteiger partial charge is 0.229 e. The third-order valence-electron chi connectivity index (χ3n) is 5.43. The van der Waals surface area contributed by atoms with Crippen molar-refractivity contribution in [2.75, 3.05) is 19.0 Å². The van der Waals surface area contributed by atoms with Crippen molar-refractivity contribution in [3.63, 3.8) is 0 Å². The molecular formula is C25H23FN2O3. The van der Waals surface area contributed by atoms with Gasteiger partial charge >= 0.3 is 0 Å². The van der Waals surface area contributed by atoms with Gasteiger partial charge in [-0.15, -0.1) is 0 Å². The van der Waals surface area contributed by atoms with E-state index in [1.807, 2.05) is 48.5 Å². The molecule has 5 nitrogen and oxygen atoms in total. The summed E-state index contributed by atoms with van der Waals surface area (Å²) in [4.78, 5) is 27.0. The molecule has 1 fully saturated rings. The Kier molecular flexibility index (Phi) is 5.98. The van der Waals surface area contributed by atoms with Crippen molar-refractivity contribution in [1.29, 1.82) is 0 Å². The number of rotatable bonds is 6. The van der Waals surface area contributed by atoms with E-state index in [1.165, 1.54) is 12.1 Å². The van der Waals surface area contributed by atoms with Crippen LogP contribution < -0.4 is 10.1 Å². The lowest BCUT2D eigenvalue weighted by Crippen LogP contribution is -2.28. The standard InChI is InChI=1S/C25H23FN2O3/c1-31-21-11-9-18(10-12-21)22-7-2-3-8-23(22)27-25(30)19-14-24(29)28(16-19)15-17-5-4-6-20(26)13-17/h2-13,19H,14-16H2,1H3,(H,27,30). The monoisotopic (exact) mass is 418 g/mol. The fraction of sp³-hybridized carbons (Fsp3) is 0.200. The molecule has 0 radical (unpaired) electrons. The predicted molar refractivity (Wildman–Crippen MR) is 117 cm³/mol. The topological polar surface area (TPSA) is 58.6 Å². The van der Waals surface area contributed by atoms with Crippen LogP contribution in [0, 0.1) is 11.7 Å². The Bertz CT molecular complexity index is 1100. The molecule has 31 heavy (non-hydrogen) atoms. The number of anilines is 1. The zero-order valence-electron chi connectivity index (χ0n) is 17.2. The lowest BCUT2D eigenvalue weighted by Gasteiger charge is -2.17. The Balaban J connectivity index is 1.46. The van der Waals surface area contributed by atoms with E-state index in [0.29, 0.717) is 24.3 Å². The second kappa shape index (κ2) is 9.00. The van der Waals surface area contributed by atoms with Gasteiger partial charge in [0, 0.05) is 30.8 Å². The van der Waals surface area contributed by atoms with Crippen LogP contribution in [0.1, 0.15) is 12.0 Å². The summed E-state index contributed by atoms with van der Waals surface area (Å²) >= 11 is 0. The summed E-state index contributed by atoms with van der Waals surface area (Å²) in [5.74, 6) is -0.337. The van der Waals surface area contributed by atoms with Gasteiger partial charge in [0.05, 0.1) is 13.0 Å². The Morgan fingerprint density at radius 3 is 2.61 bits per heavy atom. The molecule has 1 heterocycles. The van der Waals surface area contributed by atoms with Crippen LogP contribution in [0.5, 0.6) is 5.75 Å². The molecule has 0 bridgehead atoms. The maximum Gasteiger partial charge on any atom is 0.229 e. The fourth-order valence-electron chi connectivity index (χ4n) is 3.81. The van der Waals surface area contributed by atoms with Crippen molar-refractivity contribution in [3.8, 4) is 16.9 Å². The summed E-state index contributed by atoms with van der Waals surface area (Å²) in [5.41, 5.74) is 3.24. The highest BCUT2D eigenvalue weighted by Crippen LogP contribution is 2.30. The summed E-state index contributed by atoms with van der Waals surface area (Å²) in [5, 5.41) is 2.98. The number of hydrogen-bond acceptors (Lipinski definition) is 3. The largest absolute Gasteiger partial charge is 0.497 e. The Morgan fingerprint density at radius 2 is 1.87 bits per heavy atom. The van der Waals surface area contributed by atoms with Gasteiger partial charge < -0.3 is 15.0 Å².